The van der Waals surface area contributed by atoms with Crippen LogP contribution in [0.5, 0.6) is 0 Å². The van der Waals surface area contributed by atoms with E-state index in [0.29, 0.717) is 6.42 Å². The molecule has 0 unspecified atom stereocenters. The number of carbonyl (C=O) groups excluding carboxylic acids is 1. The van der Waals surface area contributed by atoms with E-state index in [2.05, 4.69) is 4.74 Å². The number of hydrogen-bond donors (Lipinski definition) is 1. The molecule has 0 fully saturated rings. The fourth-order valence-corrected chi connectivity index (χ4v) is 1.38. The third-order valence-corrected chi connectivity index (χ3v) is 2.09. The summed E-state index contributed by atoms with van der Waals surface area (Å²) >= 11 is 0. The lowest BCUT2D eigenvalue weighted by molar-refractivity contribution is -0.144. The quantitative estimate of drug-likeness (QED) is 0.497. The number of ether oxygens (including phenoxy) is 1. The summed E-state index contributed by atoms with van der Waals surface area (Å²) in [6.45, 7) is 0. The second kappa shape index (κ2) is 3.72. The Kier molecular flexibility index (Phi) is 2.87. The number of allylic oxidation sites excluding steroid dienone is 1. The topological polar surface area (TPSA) is 46.5 Å². The lowest BCUT2D eigenvalue weighted by atomic mass is 9.88. The molecule has 1 aliphatic rings. The van der Waals surface area contributed by atoms with Gasteiger partial charge in [0.25, 0.3) is 0 Å². The van der Waals surface area contributed by atoms with Gasteiger partial charge in [-0.1, -0.05) is 12.2 Å². The number of aliphatic hydroxyl groups is 1. The molecular weight excluding hydrogens is 156 g/mol. The van der Waals surface area contributed by atoms with Crippen LogP contribution in [-0.4, -0.2) is 23.8 Å². The van der Waals surface area contributed by atoms with Crippen molar-refractivity contribution in [2.45, 2.75) is 31.3 Å². The van der Waals surface area contributed by atoms with E-state index in [-0.39, 0.29) is 12.4 Å². The minimum atomic E-state index is -0.953. The molecule has 0 amide bonds. The highest BCUT2D eigenvalue weighted by molar-refractivity contribution is 5.71. The molecule has 0 aromatic rings. The van der Waals surface area contributed by atoms with E-state index in [1.165, 1.54) is 7.11 Å². The molecule has 0 radical (unpaired) electrons. The first-order valence-corrected chi connectivity index (χ1v) is 4.13. The van der Waals surface area contributed by atoms with Crippen LogP contribution in [0, 0.1) is 0 Å². The highest BCUT2D eigenvalue weighted by atomic mass is 16.5. The van der Waals surface area contributed by atoms with Crippen LogP contribution < -0.4 is 0 Å². The molecule has 0 bridgehead atoms. The zero-order chi connectivity index (χ0) is 9.03. The fourth-order valence-electron chi connectivity index (χ4n) is 1.38. The van der Waals surface area contributed by atoms with Crippen molar-refractivity contribution in [2.24, 2.45) is 0 Å². The van der Waals surface area contributed by atoms with Gasteiger partial charge in [-0.05, 0) is 19.3 Å². The molecule has 0 aromatic heterocycles. The van der Waals surface area contributed by atoms with Gasteiger partial charge in [0, 0.05) is 0 Å². The first-order chi connectivity index (χ1) is 5.66. The van der Waals surface area contributed by atoms with E-state index in [9.17, 15) is 9.90 Å². The van der Waals surface area contributed by atoms with Gasteiger partial charge in [0.05, 0.1) is 19.1 Å². The van der Waals surface area contributed by atoms with Gasteiger partial charge in [-0.2, -0.15) is 0 Å². The normalized spacial score (nSPS) is 28.5. The van der Waals surface area contributed by atoms with Gasteiger partial charge in [-0.25, -0.2) is 0 Å². The fraction of sp³-hybridized carbons (Fsp3) is 0.667. The van der Waals surface area contributed by atoms with E-state index in [1.54, 1.807) is 6.08 Å². The Morgan fingerprint density at radius 2 is 2.50 bits per heavy atom. The summed E-state index contributed by atoms with van der Waals surface area (Å²) in [6.07, 6.45) is 6.26. The lowest BCUT2D eigenvalue weighted by Crippen LogP contribution is -2.31. The molecule has 0 saturated heterocycles. The monoisotopic (exact) mass is 170 g/mol. The minimum Gasteiger partial charge on any atom is -0.469 e. The molecule has 0 spiro atoms. The van der Waals surface area contributed by atoms with Crippen LogP contribution in [0.15, 0.2) is 12.2 Å². The predicted octanol–water partition coefficient (Wildman–Crippen LogP) is 1.02. The van der Waals surface area contributed by atoms with Crippen LogP contribution >= 0.6 is 0 Å². The molecule has 1 N–H and O–H groups in total. The molecule has 0 heterocycles. The standard InChI is InChI=1S/C9H14O3/c1-12-8(10)7-9(11)5-3-2-4-6-9/h3,5,11H,2,4,6-7H2,1H3/t9-/m1/s1. The van der Waals surface area contributed by atoms with Crippen LogP contribution in [-0.2, 0) is 9.53 Å². The van der Waals surface area contributed by atoms with E-state index >= 15 is 0 Å². The number of methoxy groups -OCH3 is 1. The molecule has 1 aliphatic carbocycles. The second-order valence-electron chi connectivity index (χ2n) is 3.15. The average Bonchev–Trinajstić information content (AvgIpc) is 2.05. The molecule has 0 aromatic carbocycles. The van der Waals surface area contributed by atoms with Crippen LogP contribution in [0.3, 0.4) is 0 Å². The van der Waals surface area contributed by atoms with Gasteiger partial charge in [0.15, 0.2) is 0 Å². The number of hydrogen-bond acceptors (Lipinski definition) is 3. The Balaban J connectivity index is 2.53. The van der Waals surface area contributed by atoms with Crippen molar-refractivity contribution >= 4 is 5.97 Å². The molecule has 3 nitrogen and oxygen atoms in total. The number of carbonyl (C=O) groups is 1. The average molecular weight is 170 g/mol. The SMILES string of the molecule is COC(=O)C[C@@]1(O)C=CCCC1. The lowest BCUT2D eigenvalue weighted by Gasteiger charge is -2.25. The molecule has 1 rings (SSSR count). The van der Waals surface area contributed by atoms with E-state index in [0.717, 1.165) is 12.8 Å². The summed E-state index contributed by atoms with van der Waals surface area (Å²) in [5, 5.41) is 9.79. The summed E-state index contributed by atoms with van der Waals surface area (Å²) in [6, 6.07) is 0. The molecule has 68 valence electrons. The molecule has 12 heavy (non-hydrogen) atoms. The Morgan fingerprint density at radius 3 is 3.00 bits per heavy atom. The highest BCUT2D eigenvalue weighted by Crippen LogP contribution is 2.25. The van der Waals surface area contributed by atoms with Gasteiger partial charge in [-0.15, -0.1) is 0 Å². The van der Waals surface area contributed by atoms with Crippen LogP contribution in [0.4, 0.5) is 0 Å². The Morgan fingerprint density at radius 1 is 1.75 bits per heavy atom. The second-order valence-corrected chi connectivity index (χ2v) is 3.15. The van der Waals surface area contributed by atoms with Gasteiger partial charge in [0.1, 0.15) is 0 Å². The first-order valence-electron chi connectivity index (χ1n) is 4.13. The Bertz CT molecular complexity index is 198. The number of rotatable bonds is 2. The maximum atomic E-state index is 10.9. The van der Waals surface area contributed by atoms with Crippen molar-refractivity contribution in [3.05, 3.63) is 12.2 Å². The third kappa shape index (κ3) is 2.34. The zero-order valence-corrected chi connectivity index (χ0v) is 7.25. The van der Waals surface area contributed by atoms with Crippen molar-refractivity contribution in [3.63, 3.8) is 0 Å². The maximum Gasteiger partial charge on any atom is 0.308 e. The van der Waals surface area contributed by atoms with Gasteiger partial charge < -0.3 is 9.84 Å². The van der Waals surface area contributed by atoms with Crippen molar-refractivity contribution in [1.82, 2.24) is 0 Å². The van der Waals surface area contributed by atoms with Crippen LogP contribution in [0.1, 0.15) is 25.7 Å². The van der Waals surface area contributed by atoms with E-state index in [1.807, 2.05) is 6.08 Å². The molecule has 0 saturated carbocycles. The first kappa shape index (κ1) is 9.26. The maximum absolute atomic E-state index is 10.9. The summed E-state index contributed by atoms with van der Waals surface area (Å²) < 4.78 is 4.49. The molecule has 3 heteroatoms. The van der Waals surface area contributed by atoms with E-state index < -0.39 is 5.60 Å². The zero-order valence-electron chi connectivity index (χ0n) is 7.25. The van der Waals surface area contributed by atoms with Crippen LogP contribution in [0.2, 0.25) is 0 Å². The van der Waals surface area contributed by atoms with Gasteiger partial charge in [0.2, 0.25) is 0 Å². The Hall–Kier alpha value is -0.830. The summed E-state index contributed by atoms with van der Waals surface area (Å²) in [4.78, 5) is 10.9. The van der Waals surface area contributed by atoms with Gasteiger partial charge in [-0.3, -0.25) is 4.79 Å². The Labute approximate surface area is 72.0 Å². The minimum absolute atomic E-state index is 0.0694. The molecule has 0 aliphatic heterocycles. The smallest absolute Gasteiger partial charge is 0.308 e. The van der Waals surface area contributed by atoms with Gasteiger partial charge >= 0.3 is 5.97 Å². The number of esters is 1. The highest BCUT2D eigenvalue weighted by Gasteiger charge is 2.28. The van der Waals surface area contributed by atoms with Crippen molar-refractivity contribution in [2.75, 3.05) is 7.11 Å². The van der Waals surface area contributed by atoms with Crippen molar-refractivity contribution in [1.29, 1.82) is 0 Å². The summed E-state index contributed by atoms with van der Waals surface area (Å²) in [5.74, 6) is -0.357. The predicted molar refractivity (Wildman–Crippen MR) is 44.6 cm³/mol. The van der Waals surface area contributed by atoms with Crippen molar-refractivity contribution in [3.8, 4) is 0 Å². The molecular formula is C9H14O3. The summed E-state index contributed by atoms with van der Waals surface area (Å²) in [7, 11) is 1.33. The third-order valence-electron chi connectivity index (χ3n) is 2.09. The van der Waals surface area contributed by atoms with Crippen molar-refractivity contribution < 1.29 is 14.6 Å². The summed E-state index contributed by atoms with van der Waals surface area (Å²) in [5.41, 5.74) is -0.953. The van der Waals surface area contributed by atoms with E-state index in [4.69, 9.17) is 0 Å². The molecule has 1 atom stereocenters. The van der Waals surface area contributed by atoms with Crippen LogP contribution in [0.25, 0.3) is 0 Å². The largest absolute Gasteiger partial charge is 0.469 e.